The van der Waals surface area contributed by atoms with E-state index < -0.39 is 0 Å². The third-order valence-corrected chi connectivity index (χ3v) is 4.95. The Balaban J connectivity index is 1.37. The van der Waals surface area contributed by atoms with Crippen molar-refractivity contribution in [3.8, 4) is 17.8 Å². The quantitative estimate of drug-likeness (QED) is 0.898. The number of amides is 1. The lowest BCUT2D eigenvalue weighted by Gasteiger charge is -2.44. The van der Waals surface area contributed by atoms with E-state index in [2.05, 4.69) is 15.2 Å². The summed E-state index contributed by atoms with van der Waals surface area (Å²) < 4.78 is 15.6. The van der Waals surface area contributed by atoms with E-state index in [1.165, 1.54) is 26.1 Å². The fourth-order valence-electron chi connectivity index (χ4n) is 3.56. The Morgan fingerprint density at radius 3 is 2.64 bits per heavy atom. The fourth-order valence-corrected chi connectivity index (χ4v) is 3.56. The van der Waals surface area contributed by atoms with E-state index in [1.54, 1.807) is 24.3 Å². The van der Waals surface area contributed by atoms with E-state index in [1.807, 2.05) is 0 Å². The molecule has 1 amide bonds. The zero-order chi connectivity index (χ0) is 17.2. The van der Waals surface area contributed by atoms with Crippen LogP contribution in [0.2, 0.25) is 0 Å². The first-order valence-corrected chi connectivity index (χ1v) is 8.52. The van der Waals surface area contributed by atoms with Gasteiger partial charge in [0, 0.05) is 18.2 Å². The van der Waals surface area contributed by atoms with Crippen LogP contribution in [-0.4, -0.2) is 48.6 Å². The minimum atomic E-state index is -0.0355. The molecular formula is C18H21N3O4. The summed E-state index contributed by atoms with van der Waals surface area (Å²) in [6.07, 6.45) is 3.94. The van der Waals surface area contributed by atoms with Crippen LogP contribution in [0, 0.1) is 5.92 Å². The number of carbonyl (C=O) groups excluding carboxylic acids is 1. The van der Waals surface area contributed by atoms with Crippen LogP contribution in [0.25, 0.3) is 0 Å². The number of ether oxygens (including phenoxy) is 2. The standard InChI is InChI=1S/C18H21N3O4/c1-23-18-19-10-16(25-18)24-14-4-2-13(3-5-14)17(22)20-15-11-21-8-6-12(15)7-9-21/h2-5,10,12,15H,6-9,11H2,1H3,(H,20,22). The first-order valence-electron chi connectivity index (χ1n) is 8.52. The van der Waals surface area contributed by atoms with Gasteiger partial charge in [0.1, 0.15) is 11.9 Å². The molecule has 1 aromatic carbocycles. The molecule has 0 saturated carbocycles. The van der Waals surface area contributed by atoms with Crippen molar-refractivity contribution in [2.45, 2.75) is 18.9 Å². The molecule has 1 N–H and O–H groups in total. The molecule has 3 saturated heterocycles. The van der Waals surface area contributed by atoms with Gasteiger partial charge in [0.25, 0.3) is 5.91 Å². The van der Waals surface area contributed by atoms with Crippen LogP contribution in [0.3, 0.4) is 0 Å². The molecule has 1 unspecified atom stereocenters. The molecule has 25 heavy (non-hydrogen) atoms. The highest BCUT2D eigenvalue weighted by molar-refractivity contribution is 5.94. The highest BCUT2D eigenvalue weighted by Gasteiger charge is 2.34. The molecule has 3 aliphatic heterocycles. The van der Waals surface area contributed by atoms with Gasteiger partial charge in [-0.2, -0.15) is 4.98 Å². The summed E-state index contributed by atoms with van der Waals surface area (Å²) in [7, 11) is 1.47. The van der Waals surface area contributed by atoms with Crippen LogP contribution in [0.15, 0.2) is 34.9 Å². The number of nitrogens with zero attached hydrogens (tertiary/aromatic N) is 2. The van der Waals surface area contributed by atoms with Crippen molar-refractivity contribution in [3.63, 3.8) is 0 Å². The molecule has 0 spiro atoms. The van der Waals surface area contributed by atoms with E-state index in [-0.39, 0.29) is 24.0 Å². The van der Waals surface area contributed by atoms with Crippen molar-refractivity contribution in [3.05, 3.63) is 36.0 Å². The summed E-state index contributed by atoms with van der Waals surface area (Å²) in [5.41, 5.74) is 0.624. The number of benzene rings is 1. The topological polar surface area (TPSA) is 76.8 Å². The Morgan fingerprint density at radius 2 is 2.04 bits per heavy atom. The van der Waals surface area contributed by atoms with Gasteiger partial charge in [-0.25, -0.2) is 0 Å². The van der Waals surface area contributed by atoms with Gasteiger partial charge in [-0.1, -0.05) is 0 Å². The van der Waals surface area contributed by atoms with Crippen molar-refractivity contribution in [2.24, 2.45) is 5.92 Å². The lowest BCUT2D eigenvalue weighted by Crippen LogP contribution is -2.57. The van der Waals surface area contributed by atoms with Crippen molar-refractivity contribution in [1.82, 2.24) is 15.2 Å². The summed E-state index contributed by atoms with van der Waals surface area (Å²) in [6, 6.07) is 7.23. The molecule has 5 rings (SSSR count). The lowest BCUT2D eigenvalue weighted by molar-refractivity contribution is 0.0620. The number of rotatable bonds is 5. The maximum Gasteiger partial charge on any atom is 0.396 e. The van der Waals surface area contributed by atoms with E-state index in [0.29, 0.717) is 17.2 Å². The number of carbonyl (C=O) groups is 1. The molecular weight excluding hydrogens is 322 g/mol. The van der Waals surface area contributed by atoms with E-state index in [4.69, 9.17) is 13.9 Å². The van der Waals surface area contributed by atoms with Gasteiger partial charge in [0.15, 0.2) is 0 Å². The number of hydrogen-bond acceptors (Lipinski definition) is 6. The maximum absolute atomic E-state index is 12.5. The summed E-state index contributed by atoms with van der Waals surface area (Å²) in [4.78, 5) is 18.8. The van der Waals surface area contributed by atoms with Crippen molar-refractivity contribution in [1.29, 1.82) is 0 Å². The largest absolute Gasteiger partial charge is 0.453 e. The lowest BCUT2D eigenvalue weighted by atomic mass is 9.84. The molecule has 1 aromatic heterocycles. The van der Waals surface area contributed by atoms with E-state index >= 15 is 0 Å². The minimum Gasteiger partial charge on any atom is -0.453 e. The number of fused-ring (bicyclic) bond motifs is 3. The smallest absolute Gasteiger partial charge is 0.396 e. The Labute approximate surface area is 145 Å². The average molecular weight is 343 g/mol. The van der Waals surface area contributed by atoms with Crippen molar-refractivity contribution < 1.29 is 18.7 Å². The zero-order valence-corrected chi connectivity index (χ0v) is 14.1. The molecule has 4 heterocycles. The zero-order valence-electron chi connectivity index (χ0n) is 14.1. The predicted octanol–water partition coefficient (Wildman–Crippen LogP) is 2.30. The van der Waals surface area contributed by atoms with Crippen LogP contribution < -0.4 is 14.8 Å². The maximum atomic E-state index is 12.5. The number of aromatic nitrogens is 1. The second-order valence-corrected chi connectivity index (χ2v) is 6.49. The Morgan fingerprint density at radius 1 is 1.28 bits per heavy atom. The van der Waals surface area contributed by atoms with E-state index in [0.717, 1.165) is 19.6 Å². The van der Waals surface area contributed by atoms with Crippen LogP contribution >= 0.6 is 0 Å². The molecule has 0 radical (unpaired) electrons. The molecule has 2 aromatic rings. The summed E-state index contributed by atoms with van der Waals surface area (Å²) in [6.45, 7) is 3.29. The first-order chi connectivity index (χ1) is 12.2. The van der Waals surface area contributed by atoms with Crippen LogP contribution in [0.1, 0.15) is 23.2 Å². The van der Waals surface area contributed by atoms with Gasteiger partial charge in [-0.05, 0) is 56.1 Å². The van der Waals surface area contributed by atoms with Gasteiger partial charge in [0.05, 0.1) is 7.11 Å². The van der Waals surface area contributed by atoms with Gasteiger partial charge in [-0.3, -0.25) is 4.79 Å². The van der Waals surface area contributed by atoms with Gasteiger partial charge >= 0.3 is 12.0 Å². The van der Waals surface area contributed by atoms with Crippen molar-refractivity contribution >= 4 is 5.91 Å². The monoisotopic (exact) mass is 343 g/mol. The second-order valence-electron chi connectivity index (χ2n) is 6.49. The van der Waals surface area contributed by atoms with Gasteiger partial charge in [-0.15, -0.1) is 0 Å². The van der Waals surface area contributed by atoms with Crippen LogP contribution in [-0.2, 0) is 0 Å². The number of oxazole rings is 1. The molecule has 3 aliphatic rings. The third-order valence-electron chi connectivity index (χ3n) is 4.95. The Hall–Kier alpha value is -2.54. The summed E-state index contributed by atoms with van der Waals surface area (Å²) in [5, 5.41) is 3.18. The average Bonchev–Trinajstić information content (AvgIpc) is 3.11. The number of piperidine rings is 3. The first kappa shape index (κ1) is 16.0. The minimum absolute atomic E-state index is 0.0355. The predicted molar refractivity (Wildman–Crippen MR) is 90.0 cm³/mol. The number of hydrogen-bond donors (Lipinski definition) is 1. The molecule has 7 heteroatoms. The van der Waals surface area contributed by atoms with Crippen LogP contribution in [0.4, 0.5) is 0 Å². The summed E-state index contributed by atoms with van der Waals surface area (Å²) >= 11 is 0. The Bertz CT molecular complexity index is 735. The van der Waals surface area contributed by atoms with E-state index in [9.17, 15) is 4.79 Å². The fraction of sp³-hybridized carbons (Fsp3) is 0.444. The molecule has 3 fully saturated rings. The number of nitrogens with one attached hydrogen (secondary N) is 1. The molecule has 2 bridgehead atoms. The highest BCUT2D eigenvalue weighted by Crippen LogP contribution is 2.28. The molecule has 132 valence electrons. The molecule has 1 atom stereocenters. The Kier molecular flexibility index (Phi) is 4.31. The van der Waals surface area contributed by atoms with Gasteiger partial charge in [0.2, 0.25) is 0 Å². The molecule has 0 aliphatic carbocycles. The highest BCUT2D eigenvalue weighted by atomic mass is 16.7. The molecule has 7 nitrogen and oxygen atoms in total. The SMILES string of the molecule is COc1ncc(Oc2ccc(C(=O)NC3CN4CCC3CC4)cc2)o1. The normalized spacial score (nSPS) is 24.8. The van der Waals surface area contributed by atoms with Gasteiger partial charge < -0.3 is 24.1 Å². The van der Waals surface area contributed by atoms with Crippen LogP contribution in [0.5, 0.6) is 17.8 Å². The summed E-state index contributed by atoms with van der Waals surface area (Å²) in [5.74, 6) is 1.38. The third kappa shape index (κ3) is 3.46. The second kappa shape index (κ2) is 6.76. The van der Waals surface area contributed by atoms with Crippen molar-refractivity contribution in [2.75, 3.05) is 26.7 Å². The number of methoxy groups -OCH3 is 1.